The second-order valence-electron chi connectivity index (χ2n) is 7.10. The molecule has 3 aromatic rings. The van der Waals surface area contributed by atoms with Crippen LogP contribution in [-0.4, -0.2) is 28.8 Å². The number of aryl methyl sites for hydroxylation is 1. The Kier molecular flexibility index (Phi) is 5.12. The Hall–Kier alpha value is -3.48. The lowest BCUT2D eigenvalue weighted by molar-refractivity contribution is 0.0753. The number of hydrogen-bond acceptors (Lipinski definition) is 4. The highest BCUT2D eigenvalue weighted by Gasteiger charge is 2.23. The van der Waals surface area contributed by atoms with Gasteiger partial charge in [0.15, 0.2) is 0 Å². The first kappa shape index (κ1) is 18.9. The number of benzene rings is 2. The summed E-state index contributed by atoms with van der Waals surface area (Å²) in [5.41, 5.74) is 2.34. The van der Waals surface area contributed by atoms with Crippen LogP contribution in [0.5, 0.6) is 0 Å². The molecule has 0 saturated carbocycles. The molecule has 148 valence electrons. The van der Waals surface area contributed by atoms with Gasteiger partial charge in [0, 0.05) is 31.5 Å². The largest absolute Gasteiger partial charge is 0.390 e. The van der Waals surface area contributed by atoms with E-state index in [1.165, 1.54) is 12.1 Å². The number of aromatic nitrogens is 1. The van der Waals surface area contributed by atoms with Gasteiger partial charge in [0.2, 0.25) is 5.43 Å². The quantitative estimate of drug-likeness (QED) is 0.725. The molecule has 2 aromatic carbocycles. The number of rotatable bonds is 5. The maximum atomic E-state index is 13.0. The topological polar surface area (TPSA) is 72.7 Å². The molecule has 0 bridgehead atoms. The second kappa shape index (κ2) is 7.87. The van der Waals surface area contributed by atoms with Crippen LogP contribution in [0.2, 0.25) is 0 Å². The molecule has 1 unspecified atom stereocenters. The van der Waals surface area contributed by atoms with E-state index in [2.05, 4.69) is 10.5 Å². The van der Waals surface area contributed by atoms with Crippen LogP contribution in [0.4, 0.5) is 4.39 Å². The number of nitrogens with one attached hydrogen (secondary N) is 1. The summed E-state index contributed by atoms with van der Waals surface area (Å²) in [6.07, 6.45) is 2.38. The average molecular weight is 393 g/mol. The van der Waals surface area contributed by atoms with Gasteiger partial charge in [-0.25, -0.2) is 4.39 Å². The Balaban J connectivity index is 1.37. The van der Waals surface area contributed by atoms with Crippen LogP contribution in [0.15, 0.2) is 64.7 Å². The molecule has 1 atom stereocenters. The lowest BCUT2D eigenvalue weighted by Gasteiger charge is -2.12. The number of amides is 1. The highest BCUT2D eigenvalue weighted by Crippen LogP contribution is 2.15. The van der Waals surface area contributed by atoms with Crippen molar-refractivity contribution < 1.29 is 14.0 Å². The standard InChI is InChI=1S/C22H20FN3O3/c1-26-13-19(21(27)18-4-2-3-5-20(18)26)22(28)24-12-17-11-16(25-29-17)10-14-6-8-15(23)9-7-14/h2-9,13,17H,10-12H2,1H3,(H,24,28). The molecule has 0 aliphatic carbocycles. The van der Waals surface area contributed by atoms with Crippen molar-refractivity contribution in [2.75, 3.05) is 6.54 Å². The number of carbonyl (C=O) groups excluding carboxylic acids is 1. The van der Waals surface area contributed by atoms with Crippen LogP contribution in [0.3, 0.4) is 0 Å². The number of pyridine rings is 1. The third kappa shape index (κ3) is 4.03. The van der Waals surface area contributed by atoms with E-state index >= 15 is 0 Å². The molecule has 7 heteroatoms. The van der Waals surface area contributed by atoms with Crippen molar-refractivity contribution in [1.82, 2.24) is 9.88 Å². The van der Waals surface area contributed by atoms with Gasteiger partial charge in [-0.15, -0.1) is 0 Å². The summed E-state index contributed by atoms with van der Waals surface area (Å²) in [6.45, 7) is 0.241. The fourth-order valence-electron chi connectivity index (χ4n) is 3.44. The zero-order chi connectivity index (χ0) is 20.4. The van der Waals surface area contributed by atoms with Gasteiger partial charge in [0.05, 0.1) is 17.8 Å². The van der Waals surface area contributed by atoms with Gasteiger partial charge in [-0.3, -0.25) is 9.59 Å². The van der Waals surface area contributed by atoms with Crippen molar-refractivity contribution >= 4 is 22.5 Å². The molecule has 4 rings (SSSR count). The van der Waals surface area contributed by atoms with Crippen LogP contribution in [0.1, 0.15) is 22.3 Å². The van der Waals surface area contributed by atoms with E-state index in [0.29, 0.717) is 18.2 Å². The van der Waals surface area contributed by atoms with E-state index in [4.69, 9.17) is 4.84 Å². The number of nitrogens with zero attached hydrogens (tertiary/aromatic N) is 2. The number of carbonyl (C=O) groups is 1. The monoisotopic (exact) mass is 393 g/mol. The Labute approximate surface area is 166 Å². The van der Waals surface area contributed by atoms with Gasteiger partial charge < -0.3 is 14.7 Å². The summed E-state index contributed by atoms with van der Waals surface area (Å²) < 4.78 is 14.8. The number of fused-ring (bicyclic) bond motifs is 1. The van der Waals surface area contributed by atoms with Gasteiger partial charge in [0.25, 0.3) is 5.91 Å². The predicted octanol–water partition coefficient (Wildman–Crippen LogP) is 2.80. The summed E-state index contributed by atoms with van der Waals surface area (Å²) in [5, 5.41) is 7.33. The smallest absolute Gasteiger partial charge is 0.256 e. The van der Waals surface area contributed by atoms with Gasteiger partial charge in [-0.05, 0) is 29.8 Å². The van der Waals surface area contributed by atoms with Gasteiger partial charge >= 0.3 is 0 Å². The van der Waals surface area contributed by atoms with E-state index in [1.54, 1.807) is 42.1 Å². The summed E-state index contributed by atoms with van der Waals surface area (Å²) >= 11 is 0. The summed E-state index contributed by atoms with van der Waals surface area (Å²) in [5.74, 6) is -0.717. The lowest BCUT2D eigenvalue weighted by Crippen LogP contribution is -2.35. The van der Waals surface area contributed by atoms with E-state index in [0.717, 1.165) is 16.8 Å². The molecule has 0 fully saturated rings. The first-order valence-electron chi connectivity index (χ1n) is 9.34. The van der Waals surface area contributed by atoms with Crippen LogP contribution < -0.4 is 10.7 Å². The third-order valence-electron chi connectivity index (χ3n) is 4.95. The molecule has 1 aliphatic rings. The summed E-state index contributed by atoms with van der Waals surface area (Å²) in [7, 11) is 1.80. The van der Waals surface area contributed by atoms with Crippen molar-refractivity contribution in [3.63, 3.8) is 0 Å². The molecule has 1 N–H and O–H groups in total. The zero-order valence-corrected chi connectivity index (χ0v) is 15.9. The summed E-state index contributed by atoms with van der Waals surface area (Å²) in [4.78, 5) is 30.6. The molecule has 0 radical (unpaired) electrons. The van der Waals surface area contributed by atoms with Crippen molar-refractivity contribution in [3.8, 4) is 0 Å². The van der Waals surface area contributed by atoms with Crippen molar-refractivity contribution in [2.24, 2.45) is 12.2 Å². The minimum atomic E-state index is -0.438. The molecule has 1 aliphatic heterocycles. The third-order valence-corrected chi connectivity index (χ3v) is 4.95. The molecule has 0 saturated heterocycles. The molecule has 1 amide bonds. The molecular weight excluding hydrogens is 373 g/mol. The lowest BCUT2D eigenvalue weighted by atomic mass is 10.0. The maximum Gasteiger partial charge on any atom is 0.256 e. The average Bonchev–Trinajstić information content (AvgIpc) is 3.18. The van der Waals surface area contributed by atoms with Gasteiger partial charge in [0.1, 0.15) is 17.5 Å². The first-order valence-corrected chi connectivity index (χ1v) is 9.34. The minimum absolute atomic E-state index is 0.0941. The maximum absolute atomic E-state index is 13.0. The van der Waals surface area contributed by atoms with Crippen molar-refractivity contribution in [1.29, 1.82) is 0 Å². The van der Waals surface area contributed by atoms with Gasteiger partial charge in [-0.1, -0.05) is 29.4 Å². The summed E-state index contributed by atoms with van der Waals surface area (Å²) in [6, 6.07) is 13.4. The Morgan fingerprint density at radius 3 is 2.79 bits per heavy atom. The first-order chi connectivity index (χ1) is 14.0. The van der Waals surface area contributed by atoms with Crippen LogP contribution in [0, 0.1) is 5.82 Å². The number of oxime groups is 1. The second-order valence-corrected chi connectivity index (χ2v) is 7.10. The van der Waals surface area contributed by atoms with Crippen LogP contribution in [-0.2, 0) is 18.3 Å². The number of halogens is 1. The zero-order valence-electron chi connectivity index (χ0n) is 15.9. The molecule has 6 nitrogen and oxygen atoms in total. The normalized spacial score (nSPS) is 15.8. The Morgan fingerprint density at radius 1 is 1.24 bits per heavy atom. The molecule has 0 spiro atoms. The van der Waals surface area contributed by atoms with Crippen molar-refractivity contribution in [2.45, 2.75) is 18.9 Å². The number of hydrogen-bond donors (Lipinski definition) is 1. The SMILES string of the molecule is Cn1cc(C(=O)NCC2CC(Cc3ccc(F)cc3)=NO2)c(=O)c2ccccc21. The molecular formula is C22H20FN3O3. The molecule has 29 heavy (non-hydrogen) atoms. The fourth-order valence-corrected chi connectivity index (χ4v) is 3.44. The Morgan fingerprint density at radius 2 is 2.00 bits per heavy atom. The highest BCUT2D eigenvalue weighted by molar-refractivity contribution is 5.97. The molecule has 2 heterocycles. The van der Waals surface area contributed by atoms with E-state index in [9.17, 15) is 14.0 Å². The predicted molar refractivity (Wildman–Crippen MR) is 109 cm³/mol. The fraction of sp³-hybridized carbons (Fsp3) is 0.227. The van der Waals surface area contributed by atoms with E-state index in [-0.39, 0.29) is 29.5 Å². The highest BCUT2D eigenvalue weighted by atomic mass is 19.1. The van der Waals surface area contributed by atoms with Gasteiger partial charge in [-0.2, -0.15) is 0 Å². The molecule has 1 aromatic heterocycles. The van der Waals surface area contributed by atoms with E-state index < -0.39 is 5.91 Å². The van der Waals surface area contributed by atoms with Crippen molar-refractivity contribution in [3.05, 3.63) is 81.9 Å². The minimum Gasteiger partial charge on any atom is -0.390 e. The Bertz CT molecular complexity index is 1150. The van der Waals surface area contributed by atoms with Crippen LogP contribution in [0.25, 0.3) is 10.9 Å². The van der Waals surface area contributed by atoms with Crippen LogP contribution >= 0.6 is 0 Å². The number of para-hydroxylation sites is 1. The van der Waals surface area contributed by atoms with E-state index in [1.807, 2.05) is 12.1 Å².